The Morgan fingerprint density at radius 3 is 2.65 bits per heavy atom. The van der Waals surface area contributed by atoms with E-state index in [-0.39, 0.29) is 24.5 Å². The molecule has 1 aromatic carbocycles. The number of amides is 3. The normalized spacial score (nSPS) is 17.9. The molecule has 5 nitrogen and oxygen atoms in total. The third-order valence-electron chi connectivity index (χ3n) is 3.38. The molecule has 0 bridgehead atoms. The van der Waals surface area contributed by atoms with Crippen molar-refractivity contribution in [2.45, 2.75) is 25.8 Å². The number of anilines is 1. The highest BCUT2D eigenvalue weighted by atomic mass is 127. The number of hydrogen-bond acceptors (Lipinski definition) is 2. The van der Waals surface area contributed by atoms with Crippen molar-refractivity contribution >= 4 is 40.2 Å². The number of nitrogens with one attached hydrogen (secondary N) is 2. The summed E-state index contributed by atoms with van der Waals surface area (Å²) in [6, 6.07) is 7.40. The van der Waals surface area contributed by atoms with E-state index < -0.39 is 0 Å². The maximum absolute atomic E-state index is 11.9. The minimum absolute atomic E-state index is 0.0206. The summed E-state index contributed by atoms with van der Waals surface area (Å²) in [5, 5.41) is 5.30. The maximum atomic E-state index is 11.9. The van der Waals surface area contributed by atoms with Gasteiger partial charge >= 0.3 is 6.03 Å². The van der Waals surface area contributed by atoms with Crippen molar-refractivity contribution in [2.24, 2.45) is 0 Å². The largest absolute Gasteiger partial charge is 0.338 e. The molecule has 1 unspecified atom stereocenters. The standard InChI is InChI=1S/C14H18IN3O2/c1-10-3-2-8-18(10)13(19)9-16-14(20)17-12-6-4-11(15)5-7-12/h4-7,10H,2-3,8-9H2,1H3,(H2,16,17,20). The predicted octanol–water partition coefficient (Wildman–Crippen LogP) is 2.42. The fraction of sp³-hybridized carbons (Fsp3) is 0.429. The zero-order valence-corrected chi connectivity index (χ0v) is 13.5. The van der Waals surface area contributed by atoms with Crippen LogP contribution in [0.3, 0.4) is 0 Å². The molecule has 0 spiro atoms. The van der Waals surface area contributed by atoms with Crippen molar-refractivity contribution in [1.29, 1.82) is 0 Å². The van der Waals surface area contributed by atoms with E-state index in [1.807, 2.05) is 36.1 Å². The molecule has 2 N–H and O–H groups in total. The lowest BCUT2D eigenvalue weighted by Crippen LogP contribution is -2.42. The van der Waals surface area contributed by atoms with Gasteiger partial charge in [-0.2, -0.15) is 0 Å². The molecule has 0 radical (unpaired) electrons. The summed E-state index contributed by atoms with van der Waals surface area (Å²) in [4.78, 5) is 25.5. The van der Waals surface area contributed by atoms with Crippen LogP contribution >= 0.6 is 22.6 Å². The van der Waals surface area contributed by atoms with Gasteiger partial charge in [0.25, 0.3) is 0 Å². The smallest absolute Gasteiger partial charge is 0.319 e. The molecule has 1 aliphatic heterocycles. The van der Waals surface area contributed by atoms with Gasteiger partial charge in [-0.25, -0.2) is 4.79 Å². The van der Waals surface area contributed by atoms with E-state index in [2.05, 4.69) is 33.2 Å². The van der Waals surface area contributed by atoms with Gasteiger partial charge in [0.05, 0.1) is 6.54 Å². The number of benzene rings is 1. The average molecular weight is 387 g/mol. The van der Waals surface area contributed by atoms with Gasteiger partial charge in [0.2, 0.25) is 5.91 Å². The van der Waals surface area contributed by atoms with Crippen LogP contribution in [-0.2, 0) is 4.79 Å². The van der Waals surface area contributed by atoms with Crippen LogP contribution in [0.4, 0.5) is 10.5 Å². The number of carbonyl (C=O) groups excluding carboxylic acids is 2. The molecule has 1 heterocycles. The molecule has 20 heavy (non-hydrogen) atoms. The number of hydrogen-bond donors (Lipinski definition) is 2. The summed E-state index contributed by atoms with van der Waals surface area (Å²) in [7, 11) is 0. The molecule has 0 aliphatic carbocycles. The van der Waals surface area contributed by atoms with E-state index in [1.54, 1.807) is 0 Å². The van der Waals surface area contributed by atoms with Gasteiger partial charge in [-0.15, -0.1) is 0 Å². The van der Waals surface area contributed by atoms with E-state index in [9.17, 15) is 9.59 Å². The Labute approximate surface area is 132 Å². The SMILES string of the molecule is CC1CCCN1C(=O)CNC(=O)Nc1ccc(I)cc1. The molecule has 108 valence electrons. The summed E-state index contributed by atoms with van der Waals surface area (Å²) in [6.07, 6.45) is 2.09. The number of carbonyl (C=O) groups is 2. The first-order chi connectivity index (χ1) is 9.56. The Morgan fingerprint density at radius 2 is 2.05 bits per heavy atom. The molecule has 1 atom stereocenters. The van der Waals surface area contributed by atoms with E-state index in [4.69, 9.17) is 0 Å². The molecule has 3 amide bonds. The van der Waals surface area contributed by atoms with Crippen molar-refractivity contribution in [1.82, 2.24) is 10.2 Å². The Morgan fingerprint density at radius 1 is 1.35 bits per heavy atom. The van der Waals surface area contributed by atoms with Gasteiger partial charge in [-0.1, -0.05) is 0 Å². The van der Waals surface area contributed by atoms with E-state index in [1.165, 1.54) is 0 Å². The first kappa shape index (κ1) is 15.1. The van der Waals surface area contributed by atoms with E-state index >= 15 is 0 Å². The second kappa shape index (κ2) is 6.92. The highest BCUT2D eigenvalue weighted by molar-refractivity contribution is 14.1. The molecule has 0 aromatic heterocycles. The number of halogens is 1. The van der Waals surface area contributed by atoms with Crippen LogP contribution in [0.1, 0.15) is 19.8 Å². The van der Waals surface area contributed by atoms with Crippen LogP contribution in [0.5, 0.6) is 0 Å². The summed E-state index contributed by atoms with van der Waals surface area (Å²) in [6.45, 7) is 2.87. The molecule has 1 aliphatic rings. The maximum Gasteiger partial charge on any atom is 0.319 e. The molecule has 2 rings (SSSR count). The molecule has 1 fully saturated rings. The van der Waals surface area contributed by atoms with Gasteiger partial charge in [0.15, 0.2) is 0 Å². The quantitative estimate of drug-likeness (QED) is 0.783. The van der Waals surface area contributed by atoms with Gasteiger partial charge in [-0.05, 0) is 66.6 Å². The third kappa shape index (κ3) is 4.09. The van der Waals surface area contributed by atoms with Gasteiger partial charge in [0.1, 0.15) is 0 Å². The van der Waals surface area contributed by atoms with Crippen molar-refractivity contribution in [2.75, 3.05) is 18.4 Å². The molecular weight excluding hydrogens is 369 g/mol. The lowest BCUT2D eigenvalue weighted by atomic mass is 10.2. The van der Waals surface area contributed by atoms with Crippen molar-refractivity contribution in [3.63, 3.8) is 0 Å². The topological polar surface area (TPSA) is 61.4 Å². The second-order valence-electron chi connectivity index (χ2n) is 4.89. The molecule has 6 heteroatoms. The number of likely N-dealkylation sites (tertiary alicyclic amines) is 1. The molecule has 0 saturated carbocycles. The molecule has 1 saturated heterocycles. The van der Waals surface area contributed by atoms with Crippen LogP contribution in [0, 0.1) is 3.57 Å². The lowest BCUT2D eigenvalue weighted by molar-refractivity contribution is -0.130. The van der Waals surface area contributed by atoms with Crippen molar-refractivity contribution in [3.8, 4) is 0 Å². The Bertz CT molecular complexity index is 490. The zero-order chi connectivity index (χ0) is 14.5. The van der Waals surface area contributed by atoms with E-state index in [0.717, 1.165) is 23.0 Å². The minimum Gasteiger partial charge on any atom is -0.338 e. The fourth-order valence-electron chi connectivity index (χ4n) is 2.27. The highest BCUT2D eigenvalue weighted by Gasteiger charge is 2.24. The summed E-state index contributed by atoms with van der Waals surface area (Å²) in [5.41, 5.74) is 0.713. The minimum atomic E-state index is -0.355. The number of nitrogens with zero attached hydrogens (tertiary/aromatic N) is 1. The van der Waals surface area contributed by atoms with Gasteiger partial charge < -0.3 is 15.5 Å². The van der Waals surface area contributed by atoms with Crippen molar-refractivity contribution in [3.05, 3.63) is 27.8 Å². The number of urea groups is 1. The van der Waals surface area contributed by atoms with Crippen molar-refractivity contribution < 1.29 is 9.59 Å². The first-order valence-corrected chi connectivity index (χ1v) is 7.74. The van der Waals surface area contributed by atoms with Gasteiger partial charge in [0, 0.05) is 21.8 Å². The summed E-state index contributed by atoms with van der Waals surface area (Å²) in [5.74, 6) is -0.0206. The second-order valence-corrected chi connectivity index (χ2v) is 6.14. The van der Waals surface area contributed by atoms with E-state index in [0.29, 0.717) is 5.69 Å². The summed E-state index contributed by atoms with van der Waals surface area (Å²) >= 11 is 2.20. The number of rotatable bonds is 3. The Kier molecular flexibility index (Phi) is 5.22. The monoisotopic (exact) mass is 387 g/mol. The highest BCUT2D eigenvalue weighted by Crippen LogP contribution is 2.16. The fourth-order valence-corrected chi connectivity index (χ4v) is 2.63. The molecular formula is C14H18IN3O2. The van der Waals surface area contributed by atoms with Crippen LogP contribution in [0.25, 0.3) is 0 Å². The zero-order valence-electron chi connectivity index (χ0n) is 11.4. The van der Waals surface area contributed by atoms with Gasteiger partial charge in [-0.3, -0.25) is 4.79 Å². The molecule has 1 aromatic rings. The van der Waals surface area contributed by atoms with Crippen LogP contribution < -0.4 is 10.6 Å². The Balaban J connectivity index is 1.77. The summed E-state index contributed by atoms with van der Waals surface area (Å²) < 4.78 is 1.10. The Hall–Kier alpha value is -1.31. The lowest BCUT2D eigenvalue weighted by Gasteiger charge is -2.21. The third-order valence-corrected chi connectivity index (χ3v) is 4.09. The average Bonchev–Trinajstić information content (AvgIpc) is 2.85. The predicted molar refractivity (Wildman–Crippen MR) is 86.6 cm³/mol. The van der Waals surface area contributed by atoms with Crippen LogP contribution in [-0.4, -0.2) is 36.0 Å². The van der Waals surface area contributed by atoms with Crippen LogP contribution in [0.15, 0.2) is 24.3 Å². The first-order valence-electron chi connectivity index (χ1n) is 6.66. The van der Waals surface area contributed by atoms with Crippen LogP contribution in [0.2, 0.25) is 0 Å².